The summed E-state index contributed by atoms with van der Waals surface area (Å²) < 4.78 is 0. The van der Waals surface area contributed by atoms with Crippen molar-refractivity contribution in [2.45, 2.75) is 52.9 Å². The highest BCUT2D eigenvalue weighted by Gasteiger charge is 2.05. The highest BCUT2D eigenvalue weighted by atomic mass is 16.1. The molecule has 0 amide bonds. The first-order chi connectivity index (χ1) is 9.00. The molecule has 2 heteroatoms. The van der Waals surface area contributed by atoms with Gasteiger partial charge >= 0.3 is 0 Å². The zero-order valence-corrected chi connectivity index (χ0v) is 12.7. The lowest BCUT2D eigenvalue weighted by atomic mass is 10.0. The third-order valence-electron chi connectivity index (χ3n) is 3.40. The summed E-state index contributed by atoms with van der Waals surface area (Å²) in [5, 5.41) is 3.40. The van der Waals surface area contributed by atoms with E-state index in [2.05, 4.69) is 43.4 Å². The molecule has 1 aromatic rings. The van der Waals surface area contributed by atoms with Gasteiger partial charge in [-0.1, -0.05) is 39.8 Å². The summed E-state index contributed by atoms with van der Waals surface area (Å²) in [6, 6.07) is 8.62. The van der Waals surface area contributed by atoms with E-state index in [0.717, 1.165) is 19.4 Å². The van der Waals surface area contributed by atoms with Crippen LogP contribution in [0.1, 0.15) is 58.4 Å². The van der Waals surface area contributed by atoms with Crippen LogP contribution in [0.4, 0.5) is 5.69 Å². The van der Waals surface area contributed by atoms with Gasteiger partial charge in [-0.15, -0.1) is 0 Å². The largest absolute Gasteiger partial charge is 0.385 e. The normalized spacial score (nSPS) is 11.1. The van der Waals surface area contributed by atoms with Crippen molar-refractivity contribution < 1.29 is 4.79 Å². The molecule has 106 valence electrons. The van der Waals surface area contributed by atoms with Crippen LogP contribution >= 0.6 is 0 Å². The Balaban J connectivity index is 2.21. The Labute approximate surface area is 117 Å². The molecule has 0 spiro atoms. The monoisotopic (exact) mass is 261 g/mol. The van der Waals surface area contributed by atoms with Crippen molar-refractivity contribution in [3.8, 4) is 0 Å². The van der Waals surface area contributed by atoms with Crippen LogP contribution in [0.3, 0.4) is 0 Å². The summed E-state index contributed by atoms with van der Waals surface area (Å²) in [6.07, 6.45) is 2.74. The Hall–Kier alpha value is -1.31. The first-order valence-corrected chi connectivity index (χ1v) is 7.37. The molecule has 1 N–H and O–H groups in total. The lowest BCUT2D eigenvalue weighted by Crippen LogP contribution is -2.08. The van der Waals surface area contributed by atoms with E-state index < -0.39 is 0 Å². The van der Waals surface area contributed by atoms with Crippen molar-refractivity contribution >= 4 is 11.5 Å². The van der Waals surface area contributed by atoms with Crippen molar-refractivity contribution in [3.63, 3.8) is 0 Å². The predicted molar refractivity (Wildman–Crippen MR) is 82.7 cm³/mol. The van der Waals surface area contributed by atoms with E-state index in [1.807, 2.05) is 13.8 Å². The average molecular weight is 261 g/mol. The van der Waals surface area contributed by atoms with Crippen LogP contribution in [-0.2, 0) is 4.79 Å². The summed E-state index contributed by atoms with van der Waals surface area (Å²) in [4.78, 5) is 11.5. The Kier molecular flexibility index (Phi) is 6.61. The summed E-state index contributed by atoms with van der Waals surface area (Å²) in [7, 11) is 0. The Morgan fingerprint density at radius 2 is 1.68 bits per heavy atom. The maximum Gasteiger partial charge on any atom is 0.135 e. The van der Waals surface area contributed by atoms with E-state index in [1.165, 1.54) is 11.3 Å². The summed E-state index contributed by atoms with van der Waals surface area (Å²) in [6.45, 7) is 9.28. The number of hydrogen-bond donors (Lipinski definition) is 1. The van der Waals surface area contributed by atoms with Crippen LogP contribution in [0, 0.1) is 5.92 Å². The van der Waals surface area contributed by atoms with Crippen LogP contribution in [0.2, 0.25) is 0 Å². The van der Waals surface area contributed by atoms with E-state index in [9.17, 15) is 4.79 Å². The highest BCUT2D eigenvalue weighted by Crippen LogP contribution is 2.17. The van der Waals surface area contributed by atoms with Crippen LogP contribution in [0.25, 0.3) is 0 Å². The van der Waals surface area contributed by atoms with Crippen LogP contribution in [0.5, 0.6) is 0 Å². The molecule has 2 nitrogen and oxygen atoms in total. The van der Waals surface area contributed by atoms with Gasteiger partial charge in [0.2, 0.25) is 0 Å². The van der Waals surface area contributed by atoms with Gasteiger partial charge in [-0.3, -0.25) is 4.79 Å². The van der Waals surface area contributed by atoms with E-state index >= 15 is 0 Å². The Morgan fingerprint density at radius 3 is 2.21 bits per heavy atom. The number of anilines is 1. The lowest BCUT2D eigenvalue weighted by Gasteiger charge is -2.09. The highest BCUT2D eigenvalue weighted by molar-refractivity contribution is 5.80. The zero-order chi connectivity index (χ0) is 14.3. The van der Waals surface area contributed by atoms with Gasteiger partial charge in [-0.2, -0.15) is 0 Å². The molecule has 0 saturated carbocycles. The number of Topliss-reactive ketones (excluding diaryl/α,β-unsaturated/α-hetero) is 1. The number of carbonyl (C=O) groups is 1. The number of carbonyl (C=O) groups excluding carboxylic acids is 1. The fraction of sp³-hybridized carbons (Fsp3) is 0.588. The molecule has 0 heterocycles. The fourth-order valence-electron chi connectivity index (χ4n) is 1.93. The molecule has 0 bridgehead atoms. The molecule has 0 radical (unpaired) electrons. The number of ketones is 1. The number of hydrogen-bond acceptors (Lipinski definition) is 2. The lowest BCUT2D eigenvalue weighted by molar-refractivity contribution is -0.122. The van der Waals surface area contributed by atoms with Crippen LogP contribution < -0.4 is 5.32 Å². The second kappa shape index (κ2) is 7.98. The van der Waals surface area contributed by atoms with E-state index in [1.54, 1.807) is 0 Å². The minimum atomic E-state index is 0.177. The molecule has 0 aliphatic carbocycles. The number of benzene rings is 1. The van der Waals surface area contributed by atoms with Gasteiger partial charge in [0, 0.05) is 24.6 Å². The fourth-order valence-corrected chi connectivity index (χ4v) is 1.93. The summed E-state index contributed by atoms with van der Waals surface area (Å²) >= 11 is 0. The molecule has 1 rings (SSSR count). The van der Waals surface area contributed by atoms with Crippen molar-refractivity contribution in [2.24, 2.45) is 5.92 Å². The second-order valence-corrected chi connectivity index (χ2v) is 5.78. The molecule has 0 aromatic heterocycles. The standard InChI is InChI=1S/C17H27NO/c1-13(2)15-8-10-16(11-9-15)18-12-6-5-7-17(19)14(3)4/h8-11,13-14,18H,5-7,12H2,1-4H3. The van der Waals surface area contributed by atoms with Gasteiger partial charge in [0.15, 0.2) is 0 Å². The maximum absolute atomic E-state index is 11.5. The molecule has 0 fully saturated rings. The Morgan fingerprint density at radius 1 is 1.05 bits per heavy atom. The maximum atomic E-state index is 11.5. The molecule has 19 heavy (non-hydrogen) atoms. The quantitative estimate of drug-likeness (QED) is 0.692. The van der Waals surface area contributed by atoms with Crippen molar-refractivity contribution in [3.05, 3.63) is 29.8 Å². The van der Waals surface area contributed by atoms with E-state index in [0.29, 0.717) is 18.1 Å². The van der Waals surface area contributed by atoms with Gasteiger partial charge in [0.25, 0.3) is 0 Å². The predicted octanol–water partition coefficient (Wildman–Crippen LogP) is 4.62. The third kappa shape index (κ3) is 5.91. The van der Waals surface area contributed by atoms with Gasteiger partial charge in [0.05, 0.1) is 0 Å². The molecule has 0 aliphatic heterocycles. The van der Waals surface area contributed by atoms with Crippen molar-refractivity contribution in [1.29, 1.82) is 0 Å². The molecular weight excluding hydrogens is 234 g/mol. The molecular formula is C17H27NO. The Bertz CT molecular complexity index is 379. The minimum absolute atomic E-state index is 0.177. The molecule has 0 unspecified atom stereocenters. The molecule has 0 atom stereocenters. The number of nitrogens with one attached hydrogen (secondary N) is 1. The topological polar surface area (TPSA) is 29.1 Å². The molecule has 0 aliphatic rings. The van der Waals surface area contributed by atoms with Gasteiger partial charge < -0.3 is 5.32 Å². The first kappa shape index (κ1) is 15.7. The van der Waals surface area contributed by atoms with Crippen molar-refractivity contribution in [1.82, 2.24) is 0 Å². The molecule has 0 saturated heterocycles. The number of unbranched alkanes of at least 4 members (excludes halogenated alkanes) is 1. The SMILES string of the molecule is CC(C)C(=O)CCCCNc1ccc(C(C)C)cc1. The number of rotatable bonds is 8. The summed E-state index contributed by atoms with van der Waals surface area (Å²) in [5.41, 5.74) is 2.53. The van der Waals surface area contributed by atoms with Crippen LogP contribution in [-0.4, -0.2) is 12.3 Å². The first-order valence-electron chi connectivity index (χ1n) is 7.37. The zero-order valence-electron chi connectivity index (χ0n) is 12.7. The van der Waals surface area contributed by atoms with E-state index in [4.69, 9.17) is 0 Å². The average Bonchev–Trinajstić information content (AvgIpc) is 2.38. The van der Waals surface area contributed by atoms with Gasteiger partial charge in [-0.05, 0) is 36.5 Å². The summed E-state index contributed by atoms with van der Waals surface area (Å²) in [5.74, 6) is 1.13. The van der Waals surface area contributed by atoms with E-state index in [-0.39, 0.29) is 5.92 Å². The molecule has 1 aromatic carbocycles. The minimum Gasteiger partial charge on any atom is -0.385 e. The van der Waals surface area contributed by atoms with Gasteiger partial charge in [-0.25, -0.2) is 0 Å². The third-order valence-corrected chi connectivity index (χ3v) is 3.40. The van der Waals surface area contributed by atoms with Gasteiger partial charge in [0.1, 0.15) is 5.78 Å². The van der Waals surface area contributed by atoms with Crippen molar-refractivity contribution in [2.75, 3.05) is 11.9 Å². The smallest absolute Gasteiger partial charge is 0.135 e. The second-order valence-electron chi connectivity index (χ2n) is 5.78. The van der Waals surface area contributed by atoms with Crippen LogP contribution in [0.15, 0.2) is 24.3 Å².